The van der Waals surface area contributed by atoms with Crippen molar-refractivity contribution in [2.24, 2.45) is 4.99 Å². The van der Waals surface area contributed by atoms with Gasteiger partial charge in [-0.1, -0.05) is 72.0 Å². The monoisotopic (exact) mass is 462 g/mol. The first-order chi connectivity index (χ1) is 15.6. The number of thiazole rings is 1. The van der Waals surface area contributed by atoms with E-state index in [2.05, 4.69) is 4.99 Å². The van der Waals surface area contributed by atoms with E-state index in [0.29, 0.717) is 15.3 Å². The summed E-state index contributed by atoms with van der Waals surface area (Å²) in [6.07, 6.45) is 1.95. The van der Waals surface area contributed by atoms with Crippen molar-refractivity contribution in [2.45, 2.75) is 19.4 Å². The second-order valence-electron chi connectivity index (χ2n) is 7.17. The number of aromatic nitrogens is 1. The van der Waals surface area contributed by atoms with Gasteiger partial charge in [0.1, 0.15) is 10.9 Å². The van der Waals surface area contributed by atoms with Gasteiger partial charge in [-0.25, -0.2) is 4.79 Å². The number of rotatable bonds is 7. The number of ether oxygens (including phenoxy) is 1. The van der Waals surface area contributed by atoms with Crippen LogP contribution in [0.2, 0.25) is 0 Å². The summed E-state index contributed by atoms with van der Waals surface area (Å²) in [4.78, 5) is 17.7. The fraction of sp³-hybridized carbons (Fsp3) is 0.160. The van der Waals surface area contributed by atoms with E-state index in [0.717, 1.165) is 22.0 Å². The Balaban J connectivity index is 1.66. The van der Waals surface area contributed by atoms with Crippen LogP contribution in [-0.2, 0) is 16.0 Å². The van der Waals surface area contributed by atoms with Crippen molar-refractivity contribution in [2.75, 3.05) is 6.61 Å². The van der Waals surface area contributed by atoms with Gasteiger partial charge in [-0.05, 0) is 47.6 Å². The van der Waals surface area contributed by atoms with Crippen LogP contribution in [0.15, 0.2) is 77.8 Å². The molecule has 0 spiro atoms. The maximum atomic E-state index is 12.7. The molecule has 4 aromatic rings. The van der Waals surface area contributed by atoms with Gasteiger partial charge >= 0.3 is 5.97 Å². The SMILES string of the molecule is CCOC(=O)[C@H](Cc1ccccc1)n1c(O)c(C=Nc2ccc3ccccc3c2)sc1=S. The summed E-state index contributed by atoms with van der Waals surface area (Å²) in [5.74, 6) is -0.517. The first-order valence-electron chi connectivity index (χ1n) is 10.2. The summed E-state index contributed by atoms with van der Waals surface area (Å²) in [5.41, 5.74) is 1.71. The van der Waals surface area contributed by atoms with E-state index >= 15 is 0 Å². The number of hydrogen-bond acceptors (Lipinski definition) is 6. The number of benzene rings is 3. The molecule has 0 fully saturated rings. The van der Waals surface area contributed by atoms with Crippen LogP contribution in [0, 0.1) is 3.95 Å². The van der Waals surface area contributed by atoms with Crippen LogP contribution in [0.25, 0.3) is 10.8 Å². The van der Waals surface area contributed by atoms with Crippen molar-refractivity contribution in [1.82, 2.24) is 4.57 Å². The van der Waals surface area contributed by atoms with Gasteiger partial charge in [-0.15, -0.1) is 0 Å². The third-order valence-electron chi connectivity index (χ3n) is 5.05. The zero-order valence-electron chi connectivity index (χ0n) is 17.5. The van der Waals surface area contributed by atoms with E-state index < -0.39 is 12.0 Å². The standard InChI is InChI=1S/C25H22N2O3S2/c1-2-30-24(29)21(14-17-8-4-3-5-9-17)27-23(28)22(32-25(27)31)16-26-20-13-12-18-10-6-7-11-19(18)15-20/h3-13,15-16,21,28H,2,14H2,1H3/t21-/m0/s1. The number of aliphatic imine (C=N–C) groups is 1. The second kappa shape index (κ2) is 9.89. The van der Waals surface area contributed by atoms with Crippen LogP contribution in [0.5, 0.6) is 5.88 Å². The molecule has 3 aromatic carbocycles. The molecular formula is C25H22N2O3S2. The molecule has 5 nitrogen and oxygen atoms in total. The number of hydrogen-bond donors (Lipinski definition) is 1. The van der Waals surface area contributed by atoms with Crippen molar-refractivity contribution < 1.29 is 14.6 Å². The van der Waals surface area contributed by atoms with Gasteiger partial charge in [0.25, 0.3) is 0 Å². The lowest BCUT2D eigenvalue weighted by molar-refractivity contribution is -0.147. The fourth-order valence-corrected chi connectivity index (χ4v) is 4.78. The zero-order chi connectivity index (χ0) is 22.5. The van der Waals surface area contributed by atoms with Crippen molar-refractivity contribution in [1.29, 1.82) is 0 Å². The van der Waals surface area contributed by atoms with Gasteiger partial charge < -0.3 is 9.84 Å². The molecule has 162 valence electrons. The molecule has 0 aliphatic carbocycles. The number of carbonyl (C=O) groups is 1. The van der Waals surface area contributed by atoms with Crippen molar-refractivity contribution >= 4 is 52.2 Å². The quantitative estimate of drug-likeness (QED) is 0.201. The highest BCUT2D eigenvalue weighted by Gasteiger charge is 2.27. The normalized spacial score (nSPS) is 12.3. The first-order valence-corrected chi connectivity index (χ1v) is 11.5. The molecule has 1 aromatic heterocycles. The number of carbonyl (C=O) groups excluding carboxylic acids is 1. The number of fused-ring (bicyclic) bond motifs is 1. The van der Waals surface area contributed by atoms with E-state index in [-0.39, 0.29) is 12.5 Å². The van der Waals surface area contributed by atoms with Gasteiger partial charge in [0.15, 0.2) is 3.95 Å². The van der Waals surface area contributed by atoms with Crippen LogP contribution < -0.4 is 0 Å². The largest absolute Gasteiger partial charge is 0.493 e. The van der Waals surface area contributed by atoms with Crippen LogP contribution in [0.1, 0.15) is 23.4 Å². The summed E-state index contributed by atoms with van der Waals surface area (Å²) < 4.78 is 7.12. The van der Waals surface area contributed by atoms with E-state index in [1.165, 1.54) is 15.9 Å². The average molecular weight is 463 g/mol. The summed E-state index contributed by atoms with van der Waals surface area (Å²) in [6, 6.07) is 22.8. The fourth-order valence-electron chi connectivity index (χ4n) is 3.50. The van der Waals surface area contributed by atoms with E-state index in [1.807, 2.05) is 72.8 Å². The summed E-state index contributed by atoms with van der Waals surface area (Å²) in [5, 5.41) is 13.2. The third-order valence-corrected chi connectivity index (χ3v) is 6.37. The highest BCUT2D eigenvalue weighted by molar-refractivity contribution is 7.73. The van der Waals surface area contributed by atoms with Crippen LogP contribution in [-0.4, -0.2) is 28.5 Å². The van der Waals surface area contributed by atoms with Gasteiger partial charge in [-0.2, -0.15) is 0 Å². The Morgan fingerprint density at radius 1 is 1.12 bits per heavy atom. The molecule has 0 aliphatic heterocycles. The molecule has 0 unspecified atom stereocenters. The van der Waals surface area contributed by atoms with Gasteiger partial charge in [0.05, 0.1) is 18.5 Å². The molecule has 4 rings (SSSR count). The average Bonchev–Trinajstić information content (AvgIpc) is 3.09. The Morgan fingerprint density at radius 2 is 1.84 bits per heavy atom. The van der Waals surface area contributed by atoms with Crippen molar-refractivity contribution in [3.8, 4) is 5.88 Å². The van der Waals surface area contributed by atoms with Crippen molar-refractivity contribution in [3.63, 3.8) is 0 Å². The second-order valence-corrected chi connectivity index (χ2v) is 8.85. The Hall–Kier alpha value is -3.29. The molecule has 0 radical (unpaired) electrons. The minimum Gasteiger partial charge on any atom is -0.493 e. The van der Waals surface area contributed by atoms with E-state index in [1.54, 1.807) is 13.1 Å². The molecule has 0 saturated heterocycles. The Labute approximate surface area is 195 Å². The highest BCUT2D eigenvalue weighted by Crippen LogP contribution is 2.31. The lowest BCUT2D eigenvalue weighted by Crippen LogP contribution is -2.24. The van der Waals surface area contributed by atoms with E-state index in [4.69, 9.17) is 17.0 Å². The molecule has 1 atom stereocenters. The number of esters is 1. The Bertz CT molecular complexity index is 1330. The number of aromatic hydroxyl groups is 1. The molecule has 0 amide bonds. The van der Waals surface area contributed by atoms with Gasteiger partial charge in [0, 0.05) is 6.42 Å². The minimum atomic E-state index is -0.760. The van der Waals surface area contributed by atoms with Gasteiger partial charge in [-0.3, -0.25) is 9.56 Å². The number of nitrogens with zero attached hydrogens (tertiary/aromatic N) is 2. The molecule has 7 heteroatoms. The predicted octanol–water partition coefficient (Wildman–Crippen LogP) is 6.24. The molecule has 0 bridgehead atoms. The van der Waals surface area contributed by atoms with Crippen molar-refractivity contribution in [3.05, 3.63) is 87.2 Å². The lowest BCUT2D eigenvalue weighted by atomic mass is 10.1. The highest BCUT2D eigenvalue weighted by atomic mass is 32.1. The molecular weight excluding hydrogens is 440 g/mol. The maximum absolute atomic E-state index is 12.7. The molecule has 0 saturated carbocycles. The molecule has 0 aliphatic rings. The minimum absolute atomic E-state index is 0.0847. The predicted molar refractivity (Wildman–Crippen MR) is 132 cm³/mol. The Morgan fingerprint density at radius 3 is 2.59 bits per heavy atom. The Kier molecular flexibility index (Phi) is 6.78. The first kappa shape index (κ1) is 21.9. The molecule has 1 N–H and O–H groups in total. The third kappa shape index (κ3) is 4.79. The molecule has 32 heavy (non-hydrogen) atoms. The lowest BCUT2D eigenvalue weighted by Gasteiger charge is -2.18. The van der Waals surface area contributed by atoms with E-state index in [9.17, 15) is 9.90 Å². The van der Waals surface area contributed by atoms with Crippen LogP contribution in [0.3, 0.4) is 0 Å². The zero-order valence-corrected chi connectivity index (χ0v) is 19.1. The van der Waals surface area contributed by atoms with Gasteiger partial charge in [0.2, 0.25) is 5.88 Å². The van der Waals surface area contributed by atoms with Crippen LogP contribution >= 0.6 is 23.6 Å². The topological polar surface area (TPSA) is 63.8 Å². The summed E-state index contributed by atoms with van der Waals surface area (Å²) >= 11 is 6.71. The smallest absolute Gasteiger partial charge is 0.329 e. The molecule has 1 heterocycles. The summed E-state index contributed by atoms with van der Waals surface area (Å²) in [6.45, 7) is 2.00. The van der Waals surface area contributed by atoms with Crippen LogP contribution in [0.4, 0.5) is 5.69 Å². The maximum Gasteiger partial charge on any atom is 0.329 e. The summed E-state index contributed by atoms with van der Waals surface area (Å²) in [7, 11) is 0.